The Labute approximate surface area is 211 Å². The molecule has 34 heavy (non-hydrogen) atoms. The van der Waals surface area contributed by atoms with E-state index in [-0.39, 0.29) is 11.5 Å². The number of benzene rings is 2. The number of likely N-dealkylation sites (N-methyl/N-ethyl adjacent to an activating group) is 1. The van der Waals surface area contributed by atoms with Crippen LogP contribution in [0.4, 0.5) is 11.6 Å². The number of piperazine rings is 1. The molecule has 2 heterocycles. The van der Waals surface area contributed by atoms with Crippen molar-refractivity contribution in [1.82, 2.24) is 14.9 Å². The van der Waals surface area contributed by atoms with Gasteiger partial charge in [0.15, 0.2) is 0 Å². The lowest BCUT2D eigenvalue weighted by molar-refractivity contribution is 0.313. The molecule has 4 rings (SSSR count). The maximum Gasteiger partial charge on any atom is 0.255 e. The quantitative estimate of drug-likeness (QED) is 0.521. The van der Waals surface area contributed by atoms with E-state index < -0.39 is 0 Å². The normalized spacial score (nSPS) is 15.4. The van der Waals surface area contributed by atoms with Gasteiger partial charge in [0.05, 0.1) is 5.69 Å². The van der Waals surface area contributed by atoms with E-state index in [0.717, 1.165) is 37.3 Å². The van der Waals surface area contributed by atoms with Crippen molar-refractivity contribution in [3.8, 4) is 0 Å². The number of anilines is 2. The van der Waals surface area contributed by atoms with E-state index in [1.807, 2.05) is 24.9 Å². The first-order chi connectivity index (χ1) is 16.2. The van der Waals surface area contributed by atoms with Crippen molar-refractivity contribution in [2.75, 3.05) is 50.1 Å². The van der Waals surface area contributed by atoms with Crippen molar-refractivity contribution >= 4 is 34.8 Å². The summed E-state index contributed by atoms with van der Waals surface area (Å²) in [4.78, 5) is 27.2. The number of nitrogens with zero attached hydrogens (tertiary/aromatic N) is 4. The zero-order valence-corrected chi connectivity index (χ0v) is 21.6. The highest BCUT2D eigenvalue weighted by atomic mass is 35.5. The topological polar surface area (TPSA) is 55.5 Å². The molecule has 0 amide bonds. The summed E-state index contributed by atoms with van der Waals surface area (Å²) in [6.07, 6.45) is 0. The van der Waals surface area contributed by atoms with Crippen molar-refractivity contribution < 1.29 is 0 Å². The smallest absolute Gasteiger partial charge is 0.255 e. The van der Waals surface area contributed by atoms with Gasteiger partial charge in [0.2, 0.25) is 5.95 Å². The Bertz CT molecular complexity index is 1180. The van der Waals surface area contributed by atoms with E-state index in [2.05, 4.69) is 46.1 Å². The number of H-pyrrole nitrogens is 1. The lowest BCUT2D eigenvalue weighted by Crippen LogP contribution is -2.44. The van der Waals surface area contributed by atoms with E-state index in [1.165, 1.54) is 5.69 Å². The Balaban J connectivity index is 1.54. The Morgan fingerprint density at radius 3 is 2.29 bits per heavy atom. The molecule has 2 aromatic carbocycles. The van der Waals surface area contributed by atoms with Crippen LogP contribution in [0.1, 0.15) is 35.2 Å². The number of aromatic nitrogens is 2. The molecule has 0 spiro atoms. The zero-order valence-electron chi connectivity index (χ0n) is 20.1. The fraction of sp³-hybridized carbons (Fsp3) is 0.385. The Morgan fingerprint density at radius 2 is 1.68 bits per heavy atom. The third-order valence-electron chi connectivity index (χ3n) is 6.61. The molecular weight excluding hydrogens is 469 g/mol. The molecule has 0 aliphatic carbocycles. The number of hydrogen-bond donors (Lipinski definition) is 1. The van der Waals surface area contributed by atoms with Crippen LogP contribution in [0.25, 0.3) is 0 Å². The molecule has 1 saturated heterocycles. The number of halogens is 2. The van der Waals surface area contributed by atoms with Crippen LogP contribution in [0.5, 0.6) is 0 Å². The summed E-state index contributed by atoms with van der Waals surface area (Å²) in [6.45, 7) is 8.62. The first kappa shape index (κ1) is 24.6. The molecule has 1 unspecified atom stereocenters. The second-order valence-corrected chi connectivity index (χ2v) is 9.88. The minimum absolute atomic E-state index is 0.160. The number of nitrogens with one attached hydrogen (secondary N) is 1. The van der Waals surface area contributed by atoms with Gasteiger partial charge in [-0.25, -0.2) is 4.98 Å². The van der Waals surface area contributed by atoms with Gasteiger partial charge in [0.1, 0.15) is 0 Å². The Kier molecular flexibility index (Phi) is 7.51. The Morgan fingerprint density at radius 1 is 1.06 bits per heavy atom. The van der Waals surface area contributed by atoms with Gasteiger partial charge in [0, 0.05) is 67.0 Å². The molecule has 1 fully saturated rings. The molecule has 1 atom stereocenters. The Hall–Kier alpha value is -2.54. The molecule has 8 heteroatoms. The van der Waals surface area contributed by atoms with Gasteiger partial charge in [-0.15, -0.1) is 0 Å². The molecule has 180 valence electrons. The zero-order chi connectivity index (χ0) is 24.4. The van der Waals surface area contributed by atoms with Crippen LogP contribution in [0.3, 0.4) is 0 Å². The maximum atomic E-state index is 12.8. The molecule has 1 N–H and O–H groups in total. The first-order valence-corrected chi connectivity index (χ1v) is 12.3. The molecule has 0 radical (unpaired) electrons. The van der Waals surface area contributed by atoms with Gasteiger partial charge in [-0.3, -0.25) is 9.78 Å². The van der Waals surface area contributed by atoms with Gasteiger partial charge >= 0.3 is 0 Å². The molecule has 0 saturated carbocycles. The fourth-order valence-electron chi connectivity index (χ4n) is 4.43. The van der Waals surface area contributed by atoms with Crippen LogP contribution in [-0.4, -0.2) is 55.1 Å². The number of aromatic amines is 1. The van der Waals surface area contributed by atoms with Crippen LogP contribution in [0.15, 0.2) is 47.3 Å². The lowest BCUT2D eigenvalue weighted by Gasteiger charge is -2.34. The van der Waals surface area contributed by atoms with Crippen LogP contribution in [0.2, 0.25) is 10.0 Å². The highest BCUT2D eigenvalue weighted by Crippen LogP contribution is 2.35. The van der Waals surface area contributed by atoms with E-state index in [4.69, 9.17) is 28.2 Å². The van der Waals surface area contributed by atoms with Crippen molar-refractivity contribution in [3.05, 3.63) is 85.2 Å². The van der Waals surface area contributed by atoms with Gasteiger partial charge in [-0.05, 0) is 49.4 Å². The van der Waals surface area contributed by atoms with E-state index >= 15 is 0 Å². The number of hydrogen-bond acceptors (Lipinski definition) is 5. The highest BCUT2D eigenvalue weighted by molar-refractivity contribution is 6.36. The van der Waals surface area contributed by atoms with Crippen molar-refractivity contribution in [3.63, 3.8) is 0 Å². The predicted octanol–water partition coefficient (Wildman–Crippen LogP) is 4.93. The average molecular weight is 500 g/mol. The molecular formula is C26H31Cl2N5O. The second kappa shape index (κ2) is 10.4. The standard InChI is InChI=1S/C26H31Cl2N5O/c1-17(23-21(27)6-5-7-22(23)28)24-18(2)25(34)30-26(29-24)32(4)16-19-8-10-20(11-9-19)33-14-12-31(3)13-15-33/h5-11,17H,12-16H2,1-4H3,(H,29,30,34). The third kappa shape index (κ3) is 5.24. The SMILES string of the molecule is Cc1c(C(C)c2c(Cl)cccc2Cl)nc(N(C)Cc2ccc(N3CCN(C)CC3)cc2)[nH]c1=O. The van der Waals surface area contributed by atoms with E-state index in [9.17, 15) is 4.79 Å². The van der Waals surface area contributed by atoms with Gasteiger partial charge in [0.25, 0.3) is 5.56 Å². The molecule has 1 aromatic heterocycles. The van der Waals surface area contributed by atoms with E-state index in [0.29, 0.717) is 33.8 Å². The minimum Gasteiger partial charge on any atom is -0.369 e. The summed E-state index contributed by atoms with van der Waals surface area (Å²) in [5.41, 5.74) is 4.25. The largest absolute Gasteiger partial charge is 0.369 e. The van der Waals surface area contributed by atoms with Crippen LogP contribution >= 0.6 is 23.2 Å². The first-order valence-electron chi connectivity index (χ1n) is 11.5. The third-order valence-corrected chi connectivity index (χ3v) is 7.26. The molecule has 1 aliphatic rings. The van der Waals surface area contributed by atoms with Gasteiger partial charge in [-0.2, -0.15) is 0 Å². The second-order valence-electron chi connectivity index (χ2n) is 9.07. The van der Waals surface area contributed by atoms with Crippen LogP contribution < -0.4 is 15.4 Å². The molecule has 0 bridgehead atoms. The monoisotopic (exact) mass is 499 g/mol. The van der Waals surface area contributed by atoms with Crippen molar-refractivity contribution in [1.29, 1.82) is 0 Å². The van der Waals surface area contributed by atoms with E-state index in [1.54, 1.807) is 19.1 Å². The maximum absolute atomic E-state index is 12.8. The van der Waals surface area contributed by atoms with Crippen LogP contribution in [-0.2, 0) is 6.54 Å². The van der Waals surface area contributed by atoms with Gasteiger partial charge in [-0.1, -0.05) is 48.3 Å². The summed E-state index contributed by atoms with van der Waals surface area (Å²) in [7, 11) is 4.09. The van der Waals surface area contributed by atoms with Crippen molar-refractivity contribution in [2.45, 2.75) is 26.3 Å². The molecule has 3 aromatic rings. The summed E-state index contributed by atoms with van der Waals surface area (Å²) in [5.74, 6) is 0.294. The average Bonchev–Trinajstić information content (AvgIpc) is 2.81. The summed E-state index contributed by atoms with van der Waals surface area (Å²) < 4.78 is 0. The summed E-state index contributed by atoms with van der Waals surface area (Å²) in [5, 5.41) is 1.13. The molecule has 1 aliphatic heterocycles. The fourth-order valence-corrected chi connectivity index (χ4v) is 5.15. The minimum atomic E-state index is -0.224. The summed E-state index contributed by atoms with van der Waals surface area (Å²) in [6, 6.07) is 14.1. The predicted molar refractivity (Wildman–Crippen MR) is 142 cm³/mol. The lowest BCUT2D eigenvalue weighted by atomic mass is 9.95. The summed E-state index contributed by atoms with van der Waals surface area (Å²) >= 11 is 12.9. The van der Waals surface area contributed by atoms with Crippen LogP contribution in [0, 0.1) is 6.92 Å². The van der Waals surface area contributed by atoms with Crippen molar-refractivity contribution in [2.24, 2.45) is 0 Å². The van der Waals surface area contributed by atoms with Gasteiger partial charge < -0.3 is 14.7 Å². The number of rotatable bonds is 6. The molecule has 6 nitrogen and oxygen atoms in total. The highest BCUT2D eigenvalue weighted by Gasteiger charge is 2.22.